The summed E-state index contributed by atoms with van der Waals surface area (Å²) < 4.78 is 0. The monoisotopic (exact) mass is 302 g/mol. The van der Waals surface area contributed by atoms with Gasteiger partial charge in [-0.25, -0.2) is 4.79 Å². The van der Waals surface area contributed by atoms with Crippen LogP contribution in [0.4, 0.5) is 10.5 Å². The van der Waals surface area contributed by atoms with Crippen LogP contribution < -0.4 is 10.6 Å². The Bertz CT molecular complexity index is 620. The molecule has 2 N–H and O–H groups in total. The smallest absolute Gasteiger partial charge is 0.319 e. The number of aryl methyl sites for hydroxylation is 2. The molecule has 0 bridgehead atoms. The Morgan fingerprint density at radius 1 is 1.05 bits per heavy atom. The molecule has 0 aromatic heterocycles. The van der Waals surface area contributed by atoms with Crippen LogP contribution in [0.3, 0.4) is 0 Å². The summed E-state index contributed by atoms with van der Waals surface area (Å²) in [6.45, 7) is 4.50. The summed E-state index contributed by atoms with van der Waals surface area (Å²) in [5, 5.41) is 6.48. The van der Waals surface area contributed by atoms with Gasteiger partial charge in [0.05, 0.1) is 0 Å². The molecule has 2 rings (SSSR count). The van der Waals surface area contributed by atoms with E-state index in [9.17, 15) is 4.79 Å². The zero-order chi connectivity index (χ0) is 15.2. The molecule has 110 valence electrons. The van der Waals surface area contributed by atoms with E-state index in [-0.39, 0.29) is 6.03 Å². The SMILES string of the molecule is Cc1cccc(C)c1NC(=O)NCCc1ccccc1Cl. The molecule has 0 aliphatic carbocycles. The van der Waals surface area contributed by atoms with Crippen molar-refractivity contribution in [3.63, 3.8) is 0 Å². The van der Waals surface area contributed by atoms with Crippen LogP contribution in [-0.2, 0) is 6.42 Å². The van der Waals surface area contributed by atoms with Gasteiger partial charge in [0.1, 0.15) is 0 Å². The highest BCUT2D eigenvalue weighted by molar-refractivity contribution is 6.31. The number of urea groups is 1. The Morgan fingerprint density at radius 3 is 2.38 bits per heavy atom. The molecule has 4 heteroatoms. The number of carbonyl (C=O) groups excluding carboxylic acids is 1. The number of halogens is 1. The standard InChI is InChI=1S/C17H19ClN2O/c1-12-6-5-7-13(2)16(12)20-17(21)19-11-10-14-8-3-4-9-15(14)18/h3-9H,10-11H2,1-2H3,(H2,19,20,21). The second-order valence-electron chi connectivity index (χ2n) is 4.99. The van der Waals surface area contributed by atoms with E-state index in [0.29, 0.717) is 13.0 Å². The molecule has 0 unspecified atom stereocenters. The van der Waals surface area contributed by atoms with Gasteiger partial charge in [0.15, 0.2) is 0 Å². The summed E-state index contributed by atoms with van der Waals surface area (Å²) in [6, 6.07) is 13.4. The molecule has 2 amide bonds. The lowest BCUT2D eigenvalue weighted by molar-refractivity contribution is 0.252. The van der Waals surface area contributed by atoms with E-state index in [4.69, 9.17) is 11.6 Å². The van der Waals surface area contributed by atoms with Crippen molar-refractivity contribution in [3.05, 3.63) is 64.2 Å². The molecule has 0 radical (unpaired) electrons. The van der Waals surface area contributed by atoms with Crippen molar-refractivity contribution in [2.24, 2.45) is 0 Å². The van der Waals surface area contributed by atoms with Gasteiger partial charge in [0, 0.05) is 17.3 Å². The largest absolute Gasteiger partial charge is 0.338 e. The summed E-state index contributed by atoms with van der Waals surface area (Å²) in [6.07, 6.45) is 0.708. The third-order valence-electron chi connectivity index (χ3n) is 3.36. The second-order valence-corrected chi connectivity index (χ2v) is 5.40. The van der Waals surface area contributed by atoms with Gasteiger partial charge < -0.3 is 10.6 Å². The van der Waals surface area contributed by atoms with Gasteiger partial charge in [-0.1, -0.05) is 48.0 Å². The molecule has 3 nitrogen and oxygen atoms in total. The number of hydrogen-bond donors (Lipinski definition) is 2. The van der Waals surface area contributed by atoms with Crippen molar-refractivity contribution in [1.82, 2.24) is 5.32 Å². The highest BCUT2D eigenvalue weighted by atomic mass is 35.5. The van der Waals surface area contributed by atoms with E-state index in [1.54, 1.807) is 0 Å². The predicted octanol–water partition coefficient (Wildman–Crippen LogP) is 4.32. The van der Waals surface area contributed by atoms with Crippen LogP contribution in [-0.4, -0.2) is 12.6 Å². The van der Waals surface area contributed by atoms with Crippen molar-refractivity contribution in [3.8, 4) is 0 Å². The van der Waals surface area contributed by atoms with Crippen LogP contribution in [0.15, 0.2) is 42.5 Å². The lowest BCUT2D eigenvalue weighted by Crippen LogP contribution is -2.31. The lowest BCUT2D eigenvalue weighted by Gasteiger charge is -2.12. The molecule has 0 saturated carbocycles. The van der Waals surface area contributed by atoms with Gasteiger partial charge in [-0.2, -0.15) is 0 Å². The molecular formula is C17H19ClN2O. The van der Waals surface area contributed by atoms with Gasteiger partial charge >= 0.3 is 6.03 Å². The van der Waals surface area contributed by atoms with Gasteiger partial charge in [0.2, 0.25) is 0 Å². The summed E-state index contributed by atoms with van der Waals surface area (Å²) in [7, 11) is 0. The summed E-state index contributed by atoms with van der Waals surface area (Å²) in [5.74, 6) is 0. The van der Waals surface area contributed by atoms with Crippen molar-refractivity contribution in [2.45, 2.75) is 20.3 Å². The van der Waals surface area contributed by atoms with E-state index in [0.717, 1.165) is 27.4 Å². The van der Waals surface area contributed by atoms with Gasteiger partial charge in [-0.15, -0.1) is 0 Å². The number of hydrogen-bond acceptors (Lipinski definition) is 1. The normalized spacial score (nSPS) is 10.2. The van der Waals surface area contributed by atoms with Crippen LogP contribution in [0.1, 0.15) is 16.7 Å². The molecule has 0 heterocycles. The fraction of sp³-hybridized carbons (Fsp3) is 0.235. The molecule has 2 aromatic carbocycles. The van der Waals surface area contributed by atoms with Crippen LogP contribution >= 0.6 is 11.6 Å². The Morgan fingerprint density at radius 2 is 1.71 bits per heavy atom. The van der Waals surface area contributed by atoms with E-state index >= 15 is 0 Å². The summed E-state index contributed by atoms with van der Waals surface area (Å²) in [4.78, 5) is 11.9. The van der Waals surface area contributed by atoms with Gasteiger partial charge in [-0.3, -0.25) is 0 Å². The maximum atomic E-state index is 11.9. The number of amides is 2. The highest BCUT2D eigenvalue weighted by Crippen LogP contribution is 2.19. The van der Waals surface area contributed by atoms with Crippen LogP contribution in [0.25, 0.3) is 0 Å². The van der Waals surface area contributed by atoms with Gasteiger partial charge in [0.25, 0.3) is 0 Å². The first kappa shape index (κ1) is 15.4. The van der Waals surface area contributed by atoms with Gasteiger partial charge in [-0.05, 0) is 43.0 Å². The summed E-state index contributed by atoms with van der Waals surface area (Å²) in [5.41, 5.74) is 4.01. The maximum Gasteiger partial charge on any atom is 0.319 e. The molecule has 0 aliphatic heterocycles. The Hall–Kier alpha value is -2.00. The average molecular weight is 303 g/mol. The van der Waals surface area contributed by atoms with Crippen molar-refractivity contribution >= 4 is 23.3 Å². The average Bonchev–Trinajstić information content (AvgIpc) is 2.45. The minimum absolute atomic E-state index is 0.195. The van der Waals surface area contributed by atoms with Crippen molar-refractivity contribution in [2.75, 3.05) is 11.9 Å². The molecule has 0 fully saturated rings. The maximum absolute atomic E-state index is 11.9. The predicted molar refractivity (Wildman–Crippen MR) is 88.1 cm³/mol. The highest BCUT2D eigenvalue weighted by Gasteiger charge is 2.06. The fourth-order valence-corrected chi connectivity index (χ4v) is 2.41. The van der Waals surface area contributed by atoms with E-state index in [2.05, 4.69) is 10.6 Å². The summed E-state index contributed by atoms with van der Waals surface area (Å²) >= 11 is 6.08. The number of rotatable bonds is 4. The third kappa shape index (κ3) is 4.23. The topological polar surface area (TPSA) is 41.1 Å². The first-order valence-electron chi connectivity index (χ1n) is 6.92. The van der Waals surface area contributed by atoms with Crippen molar-refractivity contribution in [1.29, 1.82) is 0 Å². The minimum atomic E-state index is -0.195. The van der Waals surface area contributed by atoms with E-state index < -0.39 is 0 Å². The number of nitrogens with one attached hydrogen (secondary N) is 2. The zero-order valence-electron chi connectivity index (χ0n) is 12.2. The molecule has 0 aliphatic rings. The molecule has 2 aromatic rings. The van der Waals surface area contributed by atoms with Crippen LogP contribution in [0.2, 0.25) is 5.02 Å². The first-order valence-corrected chi connectivity index (χ1v) is 7.30. The Labute approximate surface area is 130 Å². The quantitative estimate of drug-likeness (QED) is 0.867. The molecule has 0 spiro atoms. The van der Waals surface area contributed by atoms with Crippen molar-refractivity contribution < 1.29 is 4.79 Å². The third-order valence-corrected chi connectivity index (χ3v) is 3.73. The molecule has 0 saturated heterocycles. The number of benzene rings is 2. The minimum Gasteiger partial charge on any atom is -0.338 e. The molecular weight excluding hydrogens is 284 g/mol. The van der Waals surface area contributed by atoms with E-state index in [1.165, 1.54) is 0 Å². The number of para-hydroxylation sites is 1. The second kappa shape index (κ2) is 7.14. The Kier molecular flexibility index (Phi) is 5.23. The van der Waals surface area contributed by atoms with E-state index in [1.807, 2.05) is 56.3 Å². The number of carbonyl (C=O) groups is 1. The molecule has 0 atom stereocenters. The number of anilines is 1. The van der Waals surface area contributed by atoms with Crippen LogP contribution in [0.5, 0.6) is 0 Å². The zero-order valence-corrected chi connectivity index (χ0v) is 13.0. The van der Waals surface area contributed by atoms with Crippen LogP contribution in [0, 0.1) is 13.8 Å². The lowest BCUT2D eigenvalue weighted by atomic mass is 10.1. The fourth-order valence-electron chi connectivity index (χ4n) is 2.18. The molecule has 21 heavy (non-hydrogen) atoms. The Balaban J connectivity index is 1.87. The first-order chi connectivity index (χ1) is 10.1.